The van der Waals surface area contributed by atoms with Gasteiger partial charge >= 0.3 is 0 Å². The number of nitrogens with one attached hydrogen (secondary N) is 1. The normalized spacial score (nSPS) is 10.8. The Morgan fingerprint density at radius 1 is 0.900 bits per heavy atom. The highest BCUT2D eigenvalue weighted by Gasteiger charge is 2.10. The fraction of sp³-hybridized carbons (Fsp3) is 0.250. The molecule has 0 aromatic heterocycles. The van der Waals surface area contributed by atoms with Gasteiger partial charge in [-0.2, -0.15) is 0 Å². The molecule has 0 heterocycles. The molecule has 0 radical (unpaired) electrons. The van der Waals surface area contributed by atoms with Crippen LogP contribution in [-0.2, 0) is 6.54 Å². The van der Waals surface area contributed by atoms with Crippen molar-refractivity contribution in [1.82, 2.24) is 5.32 Å². The third-order valence-electron chi connectivity index (χ3n) is 3.03. The lowest BCUT2D eigenvalue weighted by Crippen LogP contribution is -2.14. The first-order valence-electron chi connectivity index (χ1n) is 6.56. The molecule has 20 heavy (non-hydrogen) atoms. The molecule has 1 nitrogen and oxygen atoms in total. The lowest BCUT2D eigenvalue weighted by Gasteiger charge is -2.13. The second-order valence-electron chi connectivity index (χ2n) is 4.60. The summed E-state index contributed by atoms with van der Waals surface area (Å²) in [5.41, 5.74) is 3.12. The van der Waals surface area contributed by atoms with E-state index in [0.717, 1.165) is 41.2 Å². The van der Waals surface area contributed by atoms with E-state index in [1.54, 1.807) is 6.07 Å². The molecule has 2 aromatic rings. The van der Waals surface area contributed by atoms with Gasteiger partial charge in [0.05, 0.1) is 0 Å². The van der Waals surface area contributed by atoms with Crippen LogP contribution in [0.1, 0.15) is 18.9 Å². The minimum Gasteiger partial charge on any atom is -0.313 e. The predicted octanol–water partition coefficient (Wildman–Crippen LogP) is 5.81. The first-order chi connectivity index (χ1) is 9.61. The molecule has 0 aliphatic heterocycles. The maximum Gasteiger partial charge on any atom is 0.0485 e. The van der Waals surface area contributed by atoms with Crippen molar-refractivity contribution in [3.05, 3.63) is 57.0 Å². The summed E-state index contributed by atoms with van der Waals surface area (Å²) >= 11 is 18.5. The van der Waals surface area contributed by atoms with E-state index in [2.05, 4.69) is 12.2 Å². The molecule has 0 atom stereocenters. The predicted molar refractivity (Wildman–Crippen MR) is 88.9 cm³/mol. The Hall–Kier alpha value is -0.730. The number of halogens is 3. The van der Waals surface area contributed by atoms with E-state index >= 15 is 0 Å². The molecule has 0 aliphatic carbocycles. The van der Waals surface area contributed by atoms with Crippen molar-refractivity contribution in [3.8, 4) is 11.1 Å². The van der Waals surface area contributed by atoms with Crippen LogP contribution in [0.5, 0.6) is 0 Å². The average molecular weight is 329 g/mol. The molecule has 0 spiro atoms. The fourth-order valence-electron chi connectivity index (χ4n) is 2.08. The van der Waals surface area contributed by atoms with Crippen molar-refractivity contribution in [3.63, 3.8) is 0 Å². The van der Waals surface area contributed by atoms with Crippen LogP contribution in [0.4, 0.5) is 0 Å². The van der Waals surface area contributed by atoms with Crippen LogP contribution in [0.15, 0.2) is 36.4 Å². The van der Waals surface area contributed by atoms with Crippen molar-refractivity contribution in [2.45, 2.75) is 19.9 Å². The van der Waals surface area contributed by atoms with Gasteiger partial charge in [-0.05, 0) is 54.4 Å². The van der Waals surface area contributed by atoms with Crippen LogP contribution in [0.25, 0.3) is 11.1 Å². The lowest BCUT2D eigenvalue weighted by atomic mass is 9.99. The Morgan fingerprint density at radius 3 is 2.35 bits per heavy atom. The lowest BCUT2D eigenvalue weighted by molar-refractivity contribution is 0.676. The highest BCUT2D eigenvalue weighted by atomic mass is 35.5. The molecular formula is C16H16Cl3N. The van der Waals surface area contributed by atoms with Crippen molar-refractivity contribution in [2.24, 2.45) is 0 Å². The van der Waals surface area contributed by atoms with E-state index in [-0.39, 0.29) is 0 Å². The zero-order valence-corrected chi connectivity index (χ0v) is 13.5. The van der Waals surface area contributed by atoms with Gasteiger partial charge in [0, 0.05) is 27.2 Å². The van der Waals surface area contributed by atoms with E-state index < -0.39 is 0 Å². The molecule has 0 unspecified atom stereocenters. The highest BCUT2D eigenvalue weighted by molar-refractivity contribution is 6.35. The fourth-order valence-corrected chi connectivity index (χ4v) is 2.66. The summed E-state index contributed by atoms with van der Waals surface area (Å²) in [6.45, 7) is 3.86. The van der Waals surface area contributed by atoms with Gasteiger partial charge in [0.25, 0.3) is 0 Å². The van der Waals surface area contributed by atoms with Crippen LogP contribution in [0, 0.1) is 0 Å². The van der Waals surface area contributed by atoms with E-state index in [1.807, 2.05) is 30.3 Å². The van der Waals surface area contributed by atoms with Crippen molar-refractivity contribution in [1.29, 1.82) is 0 Å². The Morgan fingerprint density at radius 2 is 1.60 bits per heavy atom. The molecule has 0 amide bonds. The largest absolute Gasteiger partial charge is 0.313 e. The van der Waals surface area contributed by atoms with Crippen molar-refractivity contribution >= 4 is 34.8 Å². The summed E-state index contributed by atoms with van der Waals surface area (Å²) < 4.78 is 0. The zero-order chi connectivity index (χ0) is 14.5. The summed E-state index contributed by atoms with van der Waals surface area (Å²) in [6.07, 6.45) is 1.09. The van der Waals surface area contributed by atoms with Crippen LogP contribution < -0.4 is 5.32 Å². The Kier molecular flexibility index (Phi) is 5.74. The molecule has 0 fully saturated rings. The molecule has 0 saturated heterocycles. The van der Waals surface area contributed by atoms with E-state index in [4.69, 9.17) is 34.8 Å². The van der Waals surface area contributed by atoms with E-state index in [9.17, 15) is 0 Å². The minimum atomic E-state index is 0.673. The number of benzene rings is 2. The molecule has 0 bridgehead atoms. The van der Waals surface area contributed by atoms with E-state index in [1.165, 1.54) is 0 Å². The molecule has 0 saturated carbocycles. The molecule has 2 rings (SSSR count). The van der Waals surface area contributed by atoms with Crippen LogP contribution in [0.2, 0.25) is 15.1 Å². The third kappa shape index (κ3) is 3.89. The summed E-state index contributed by atoms with van der Waals surface area (Å²) in [5, 5.41) is 5.47. The second kappa shape index (κ2) is 7.33. The Bertz CT molecular complexity index is 596. The Balaban J connectivity index is 2.41. The maximum atomic E-state index is 6.29. The van der Waals surface area contributed by atoms with Gasteiger partial charge < -0.3 is 5.32 Å². The quantitative estimate of drug-likeness (QED) is 0.683. The van der Waals surface area contributed by atoms with Gasteiger partial charge in [-0.15, -0.1) is 0 Å². The summed E-state index contributed by atoms with van der Waals surface area (Å²) in [5.74, 6) is 0. The number of hydrogen-bond acceptors (Lipinski definition) is 1. The van der Waals surface area contributed by atoms with Gasteiger partial charge in [-0.25, -0.2) is 0 Å². The van der Waals surface area contributed by atoms with Gasteiger partial charge in [-0.3, -0.25) is 0 Å². The summed E-state index contributed by atoms with van der Waals surface area (Å²) in [6, 6.07) is 11.3. The SMILES string of the molecule is CCCNCc1cc(Cl)ccc1-c1cc(Cl)ccc1Cl. The smallest absolute Gasteiger partial charge is 0.0485 e. The molecule has 4 heteroatoms. The third-order valence-corrected chi connectivity index (χ3v) is 3.83. The standard InChI is InChI=1S/C16H16Cl3N/c1-2-7-20-10-11-8-12(17)3-5-14(11)15-9-13(18)4-6-16(15)19/h3-6,8-9,20H,2,7,10H2,1H3. The van der Waals surface area contributed by atoms with Gasteiger partial charge in [0.1, 0.15) is 0 Å². The molecule has 2 aromatic carbocycles. The minimum absolute atomic E-state index is 0.673. The molecule has 106 valence electrons. The number of hydrogen-bond donors (Lipinski definition) is 1. The molecule has 0 aliphatic rings. The van der Waals surface area contributed by atoms with Crippen molar-refractivity contribution in [2.75, 3.05) is 6.54 Å². The highest BCUT2D eigenvalue weighted by Crippen LogP contribution is 2.34. The molecule has 1 N–H and O–H groups in total. The summed E-state index contributed by atoms with van der Waals surface area (Å²) in [7, 11) is 0. The maximum absolute atomic E-state index is 6.29. The van der Waals surface area contributed by atoms with Gasteiger partial charge in [0.2, 0.25) is 0 Å². The second-order valence-corrected chi connectivity index (χ2v) is 5.88. The number of rotatable bonds is 5. The van der Waals surface area contributed by atoms with Crippen molar-refractivity contribution < 1.29 is 0 Å². The van der Waals surface area contributed by atoms with Crippen LogP contribution in [-0.4, -0.2) is 6.54 Å². The average Bonchev–Trinajstić information content (AvgIpc) is 2.42. The zero-order valence-electron chi connectivity index (χ0n) is 11.2. The van der Waals surface area contributed by atoms with Crippen LogP contribution >= 0.6 is 34.8 Å². The first-order valence-corrected chi connectivity index (χ1v) is 7.69. The first kappa shape index (κ1) is 15.7. The Labute approximate surface area is 134 Å². The van der Waals surface area contributed by atoms with E-state index in [0.29, 0.717) is 10.0 Å². The molecular weight excluding hydrogens is 313 g/mol. The van der Waals surface area contributed by atoms with Gasteiger partial charge in [0.15, 0.2) is 0 Å². The van der Waals surface area contributed by atoms with Gasteiger partial charge in [-0.1, -0.05) is 47.8 Å². The monoisotopic (exact) mass is 327 g/mol. The summed E-state index contributed by atoms with van der Waals surface area (Å²) in [4.78, 5) is 0. The topological polar surface area (TPSA) is 12.0 Å². The van der Waals surface area contributed by atoms with Crippen LogP contribution in [0.3, 0.4) is 0 Å².